The lowest BCUT2D eigenvalue weighted by Gasteiger charge is -2.39. The molecule has 39 heavy (non-hydrogen) atoms. The number of rotatable bonds is 13. The number of allylic oxidation sites excluding steroid dienone is 1. The van der Waals surface area contributed by atoms with Gasteiger partial charge in [0.15, 0.2) is 0 Å². The molecule has 3 aliphatic heterocycles. The molecule has 2 bridgehead atoms. The molecule has 0 aromatic heterocycles. The van der Waals surface area contributed by atoms with Gasteiger partial charge in [-0.05, 0) is 44.1 Å². The van der Waals surface area contributed by atoms with E-state index in [2.05, 4.69) is 13.2 Å². The highest BCUT2D eigenvalue weighted by Gasteiger charge is 2.80. The molecule has 0 radical (unpaired) electrons. The molecule has 3 heterocycles. The van der Waals surface area contributed by atoms with Crippen molar-refractivity contribution in [2.24, 2.45) is 17.8 Å². The Kier molecular flexibility index (Phi) is 8.66. The second kappa shape index (κ2) is 11.6. The van der Waals surface area contributed by atoms with Crippen LogP contribution >= 0.6 is 0 Å². The average molecular weight is 539 g/mol. The SMILES string of the molecule is C=CCCCOC(=O)[C@@H]1[C@H]2C(=O)N([C@@H](CC)CO)C(C(=O)N(CC=C)Cc3ccccc3)C23CC(C)[C@@]1(C)O3. The highest BCUT2D eigenvalue weighted by molar-refractivity contribution is 5.98. The van der Waals surface area contributed by atoms with Gasteiger partial charge in [-0.1, -0.05) is 56.3 Å². The minimum Gasteiger partial charge on any atom is -0.465 e. The number of aliphatic hydroxyl groups is 1. The molecule has 3 fully saturated rings. The topological polar surface area (TPSA) is 96.4 Å². The third kappa shape index (κ3) is 4.82. The molecule has 0 saturated carbocycles. The van der Waals surface area contributed by atoms with Crippen LogP contribution in [0.1, 0.15) is 52.0 Å². The molecule has 1 aromatic carbocycles. The summed E-state index contributed by atoms with van der Waals surface area (Å²) in [6.45, 7) is 13.9. The molecule has 1 aromatic rings. The van der Waals surface area contributed by atoms with E-state index in [-0.39, 0.29) is 37.5 Å². The summed E-state index contributed by atoms with van der Waals surface area (Å²) in [6, 6.07) is 8.09. The molecule has 1 N–H and O–H groups in total. The van der Waals surface area contributed by atoms with Crippen molar-refractivity contribution in [3.63, 3.8) is 0 Å². The first-order valence-electron chi connectivity index (χ1n) is 14.0. The molecule has 212 valence electrons. The zero-order chi connectivity index (χ0) is 28.4. The quantitative estimate of drug-likeness (QED) is 0.235. The fourth-order valence-electron chi connectivity index (χ4n) is 6.98. The number of carbonyl (C=O) groups excluding carboxylic acids is 3. The van der Waals surface area contributed by atoms with Gasteiger partial charge >= 0.3 is 5.97 Å². The van der Waals surface area contributed by atoms with E-state index in [1.165, 1.54) is 4.90 Å². The summed E-state index contributed by atoms with van der Waals surface area (Å²) in [6.07, 6.45) is 5.71. The van der Waals surface area contributed by atoms with Gasteiger partial charge in [-0.3, -0.25) is 14.4 Å². The normalized spacial score (nSPS) is 31.6. The highest BCUT2D eigenvalue weighted by Crippen LogP contribution is 2.65. The Morgan fingerprint density at radius 1 is 1.28 bits per heavy atom. The number of benzene rings is 1. The van der Waals surface area contributed by atoms with E-state index in [9.17, 15) is 19.5 Å². The van der Waals surface area contributed by atoms with Crippen LogP contribution in [0.3, 0.4) is 0 Å². The van der Waals surface area contributed by atoms with E-state index >= 15 is 0 Å². The molecule has 3 unspecified atom stereocenters. The Bertz CT molecular complexity index is 1090. The fourth-order valence-corrected chi connectivity index (χ4v) is 6.98. The fraction of sp³-hybridized carbons (Fsp3) is 0.581. The van der Waals surface area contributed by atoms with E-state index in [0.29, 0.717) is 32.2 Å². The van der Waals surface area contributed by atoms with Crippen molar-refractivity contribution < 1.29 is 29.0 Å². The van der Waals surface area contributed by atoms with Gasteiger partial charge in [0.1, 0.15) is 17.6 Å². The monoisotopic (exact) mass is 538 g/mol. The van der Waals surface area contributed by atoms with Crippen LogP contribution in [0.5, 0.6) is 0 Å². The van der Waals surface area contributed by atoms with E-state index in [1.54, 1.807) is 17.1 Å². The Labute approximate surface area is 231 Å². The number of aliphatic hydroxyl groups excluding tert-OH is 1. The van der Waals surface area contributed by atoms with Crippen LogP contribution in [-0.4, -0.2) is 75.7 Å². The molecular weight excluding hydrogens is 496 g/mol. The number of ether oxygens (including phenoxy) is 2. The molecule has 8 heteroatoms. The van der Waals surface area contributed by atoms with Gasteiger partial charge in [0.05, 0.1) is 30.8 Å². The zero-order valence-electron chi connectivity index (χ0n) is 23.4. The van der Waals surface area contributed by atoms with Gasteiger partial charge in [-0.25, -0.2) is 0 Å². The first kappa shape index (κ1) is 29.0. The maximum absolute atomic E-state index is 14.5. The van der Waals surface area contributed by atoms with Crippen molar-refractivity contribution in [1.82, 2.24) is 9.80 Å². The third-order valence-corrected chi connectivity index (χ3v) is 8.99. The minimum absolute atomic E-state index is 0.0845. The maximum atomic E-state index is 14.5. The third-order valence-electron chi connectivity index (χ3n) is 8.99. The number of nitrogens with zero attached hydrogens (tertiary/aromatic N) is 2. The van der Waals surface area contributed by atoms with Gasteiger partial charge in [0.2, 0.25) is 11.8 Å². The Balaban J connectivity index is 1.75. The number of likely N-dealkylation sites (tertiary alicyclic amines) is 1. The van der Waals surface area contributed by atoms with Crippen molar-refractivity contribution in [2.75, 3.05) is 19.8 Å². The molecular formula is C31H42N2O6. The Morgan fingerprint density at radius 2 is 2.00 bits per heavy atom. The molecule has 0 aliphatic carbocycles. The molecule has 4 rings (SSSR count). The van der Waals surface area contributed by atoms with Crippen molar-refractivity contribution in [1.29, 1.82) is 0 Å². The lowest BCUT2D eigenvalue weighted by molar-refractivity contribution is -0.164. The van der Waals surface area contributed by atoms with Crippen LogP contribution in [-0.2, 0) is 30.4 Å². The molecule has 8 nitrogen and oxygen atoms in total. The molecule has 3 aliphatic rings. The number of unbranched alkanes of at least 4 members (excludes halogenated alkanes) is 1. The number of hydrogen-bond donors (Lipinski definition) is 1. The molecule has 3 saturated heterocycles. The average Bonchev–Trinajstić information content (AvgIpc) is 3.44. The second-order valence-electron chi connectivity index (χ2n) is 11.3. The molecule has 7 atom stereocenters. The summed E-state index contributed by atoms with van der Waals surface area (Å²) in [7, 11) is 0. The maximum Gasteiger partial charge on any atom is 0.312 e. The summed E-state index contributed by atoms with van der Waals surface area (Å²) in [4.78, 5) is 45.5. The van der Waals surface area contributed by atoms with Crippen molar-refractivity contribution in [3.8, 4) is 0 Å². The summed E-state index contributed by atoms with van der Waals surface area (Å²) in [5, 5.41) is 10.3. The Morgan fingerprint density at radius 3 is 2.62 bits per heavy atom. The predicted molar refractivity (Wildman–Crippen MR) is 147 cm³/mol. The van der Waals surface area contributed by atoms with Crippen molar-refractivity contribution in [2.45, 2.75) is 76.3 Å². The zero-order valence-corrected chi connectivity index (χ0v) is 23.4. The predicted octanol–water partition coefficient (Wildman–Crippen LogP) is 3.49. The van der Waals surface area contributed by atoms with Gasteiger partial charge in [0.25, 0.3) is 0 Å². The lowest BCUT2D eigenvalue weighted by atomic mass is 9.62. The minimum atomic E-state index is -1.19. The number of amides is 2. The summed E-state index contributed by atoms with van der Waals surface area (Å²) in [5.74, 6) is -2.84. The first-order chi connectivity index (χ1) is 18.7. The summed E-state index contributed by atoms with van der Waals surface area (Å²) >= 11 is 0. The van der Waals surface area contributed by atoms with Gasteiger partial charge < -0.3 is 24.4 Å². The number of carbonyl (C=O) groups is 3. The second-order valence-corrected chi connectivity index (χ2v) is 11.3. The standard InChI is InChI=1S/C31H42N2O6/c1-6-9-13-17-38-29(37)25-24-27(35)33(23(8-3)20-34)26(31(24)18-21(4)30(25,5)39-31)28(36)32(16-7-2)19-22-14-11-10-12-15-22/h6-7,10-12,14-15,21,23-26,34H,1-2,8-9,13,16-20H2,3-5H3/t21?,23-,24-,25-,26?,30+,31?/m0/s1. The van der Waals surface area contributed by atoms with E-state index in [0.717, 1.165) is 5.56 Å². The molecule has 2 amide bonds. The van der Waals surface area contributed by atoms with Crippen LogP contribution in [0.2, 0.25) is 0 Å². The van der Waals surface area contributed by atoms with Crippen molar-refractivity contribution in [3.05, 3.63) is 61.2 Å². The van der Waals surface area contributed by atoms with Gasteiger partial charge in [0, 0.05) is 13.1 Å². The van der Waals surface area contributed by atoms with Crippen LogP contribution in [0.25, 0.3) is 0 Å². The number of hydrogen-bond acceptors (Lipinski definition) is 6. The van der Waals surface area contributed by atoms with E-state index < -0.39 is 41.1 Å². The lowest BCUT2D eigenvalue weighted by Crippen LogP contribution is -2.58. The van der Waals surface area contributed by atoms with Crippen molar-refractivity contribution >= 4 is 17.8 Å². The van der Waals surface area contributed by atoms with Gasteiger partial charge in [-0.15, -0.1) is 13.2 Å². The van der Waals surface area contributed by atoms with Crippen LogP contribution in [0.15, 0.2) is 55.6 Å². The van der Waals surface area contributed by atoms with E-state index in [4.69, 9.17) is 9.47 Å². The van der Waals surface area contributed by atoms with E-state index in [1.807, 2.05) is 51.1 Å². The first-order valence-corrected chi connectivity index (χ1v) is 14.0. The largest absolute Gasteiger partial charge is 0.465 e. The van der Waals surface area contributed by atoms with Gasteiger partial charge in [-0.2, -0.15) is 0 Å². The summed E-state index contributed by atoms with van der Waals surface area (Å²) < 4.78 is 12.4. The molecule has 1 spiro atoms. The van der Waals surface area contributed by atoms with Crippen LogP contribution in [0, 0.1) is 17.8 Å². The summed E-state index contributed by atoms with van der Waals surface area (Å²) in [5.41, 5.74) is -1.18. The van der Waals surface area contributed by atoms with Crippen LogP contribution in [0.4, 0.5) is 0 Å². The number of fused-ring (bicyclic) bond motifs is 1. The van der Waals surface area contributed by atoms with Crippen LogP contribution < -0.4 is 0 Å². The highest BCUT2D eigenvalue weighted by atomic mass is 16.6. The number of esters is 1. The smallest absolute Gasteiger partial charge is 0.312 e. The Hall–Kier alpha value is -2.97.